The van der Waals surface area contributed by atoms with Crippen molar-refractivity contribution in [1.29, 1.82) is 0 Å². The Morgan fingerprint density at radius 1 is 1.14 bits per heavy atom. The van der Waals surface area contributed by atoms with E-state index < -0.39 is 0 Å². The van der Waals surface area contributed by atoms with E-state index in [2.05, 4.69) is 16.3 Å². The fourth-order valence-corrected chi connectivity index (χ4v) is 4.20. The van der Waals surface area contributed by atoms with E-state index in [1.807, 2.05) is 28.4 Å². The summed E-state index contributed by atoms with van der Waals surface area (Å²) in [6.45, 7) is 4.46. The highest BCUT2D eigenvalue weighted by atomic mass is 32.2. The normalized spacial score (nSPS) is 14.6. The topological polar surface area (TPSA) is 78.2 Å². The summed E-state index contributed by atoms with van der Waals surface area (Å²) in [6, 6.07) is 5.90. The average molecular weight is 402 g/mol. The van der Waals surface area contributed by atoms with Gasteiger partial charge in [0.2, 0.25) is 5.91 Å². The van der Waals surface area contributed by atoms with Gasteiger partial charge in [-0.25, -0.2) is 0 Å². The zero-order valence-electron chi connectivity index (χ0n) is 16.1. The molecule has 2 aromatic heterocycles. The molecular formula is C19H22N4O4S. The molecule has 148 valence electrons. The lowest BCUT2D eigenvalue weighted by Gasteiger charge is -2.26. The molecule has 0 N–H and O–H groups in total. The molecule has 28 heavy (non-hydrogen) atoms. The van der Waals surface area contributed by atoms with Crippen LogP contribution in [0.15, 0.2) is 23.4 Å². The van der Waals surface area contributed by atoms with Gasteiger partial charge in [-0.1, -0.05) is 11.8 Å². The molecule has 1 aromatic carbocycles. The summed E-state index contributed by atoms with van der Waals surface area (Å²) in [5.41, 5.74) is 2.67. The fraction of sp³-hybridized carbons (Fsp3) is 0.421. The maximum atomic E-state index is 12.5. The highest BCUT2D eigenvalue weighted by Gasteiger charge is 2.20. The van der Waals surface area contributed by atoms with Crippen LogP contribution in [0.2, 0.25) is 0 Å². The van der Waals surface area contributed by atoms with E-state index in [4.69, 9.17) is 14.2 Å². The summed E-state index contributed by atoms with van der Waals surface area (Å²) < 4.78 is 18.2. The van der Waals surface area contributed by atoms with Crippen LogP contribution in [0.25, 0.3) is 16.6 Å². The van der Waals surface area contributed by atoms with Crippen molar-refractivity contribution < 1.29 is 19.0 Å². The minimum Gasteiger partial charge on any atom is -0.493 e. The number of hydrogen-bond donors (Lipinski definition) is 0. The number of carbonyl (C=O) groups is 1. The molecule has 0 bridgehead atoms. The SMILES string of the molecule is COc1cc2cc(C)c3nnc(SCC(=O)N4CCOCC4)n3c2cc1OC. The van der Waals surface area contributed by atoms with Gasteiger partial charge in [0, 0.05) is 24.5 Å². The molecule has 3 aromatic rings. The number of morpholine rings is 1. The van der Waals surface area contributed by atoms with Gasteiger partial charge in [-0.15, -0.1) is 10.2 Å². The second-order valence-electron chi connectivity index (χ2n) is 6.52. The van der Waals surface area contributed by atoms with Gasteiger partial charge in [0.15, 0.2) is 22.3 Å². The maximum Gasteiger partial charge on any atom is 0.233 e. The lowest BCUT2D eigenvalue weighted by Crippen LogP contribution is -2.41. The van der Waals surface area contributed by atoms with Crippen molar-refractivity contribution in [2.75, 3.05) is 46.3 Å². The van der Waals surface area contributed by atoms with Crippen LogP contribution in [0.1, 0.15) is 5.56 Å². The van der Waals surface area contributed by atoms with Crippen LogP contribution in [0.5, 0.6) is 11.5 Å². The van der Waals surface area contributed by atoms with Gasteiger partial charge < -0.3 is 19.1 Å². The van der Waals surface area contributed by atoms with Crippen LogP contribution in [-0.4, -0.2) is 71.7 Å². The molecule has 0 unspecified atom stereocenters. The molecule has 1 aliphatic rings. The molecule has 0 saturated carbocycles. The Bertz CT molecular complexity index is 1030. The number of rotatable bonds is 5. The third kappa shape index (κ3) is 3.35. The number of fused-ring (bicyclic) bond motifs is 3. The third-order valence-electron chi connectivity index (χ3n) is 4.82. The molecule has 4 rings (SSSR count). The molecule has 1 saturated heterocycles. The molecule has 9 heteroatoms. The number of pyridine rings is 1. The number of carbonyl (C=O) groups excluding carboxylic acids is 1. The number of hydrogen-bond acceptors (Lipinski definition) is 7. The van der Waals surface area contributed by atoms with Crippen molar-refractivity contribution >= 4 is 34.2 Å². The Balaban J connectivity index is 1.71. The Morgan fingerprint density at radius 2 is 1.86 bits per heavy atom. The van der Waals surface area contributed by atoms with Crippen molar-refractivity contribution in [3.8, 4) is 11.5 Å². The summed E-state index contributed by atoms with van der Waals surface area (Å²) in [5.74, 6) is 1.69. The Kier molecular flexibility index (Phi) is 5.27. The quantitative estimate of drug-likeness (QED) is 0.605. The van der Waals surface area contributed by atoms with Gasteiger partial charge >= 0.3 is 0 Å². The molecular weight excluding hydrogens is 380 g/mol. The lowest BCUT2D eigenvalue weighted by molar-refractivity contribution is -0.132. The van der Waals surface area contributed by atoms with Crippen LogP contribution in [0, 0.1) is 6.92 Å². The van der Waals surface area contributed by atoms with Gasteiger partial charge in [0.1, 0.15) is 0 Å². The monoisotopic (exact) mass is 402 g/mol. The predicted molar refractivity (Wildman–Crippen MR) is 106 cm³/mol. The van der Waals surface area contributed by atoms with Gasteiger partial charge in [-0.05, 0) is 24.6 Å². The number of methoxy groups -OCH3 is 2. The lowest BCUT2D eigenvalue weighted by atomic mass is 10.1. The summed E-state index contributed by atoms with van der Waals surface area (Å²) in [7, 11) is 3.23. The smallest absolute Gasteiger partial charge is 0.233 e. The van der Waals surface area contributed by atoms with E-state index in [0.29, 0.717) is 48.7 Å². The van der Waals surface area contributed by atoms with Gasteiger partial charge in [-0.2, -0.15) is 0 Å². The van der Waals surface area contributed by atoms with Crippen molar-refractivity contribution in [1.82, 2.24) is 19.5 Å². The van der Waals surface area contributed by atoms with Crippen molar-refractivity contribution in [2.24, 2.45) is 0 Å². The first kappa shape index (κ1) is 18.8. The maximum absolute atomic E-state index is 12.5. The fourth-order valence-electron chi connectivity index (χ4n) is 3.36. The van der Waals surface area contributed by atoms with E-state index in [9.17, 15) is 4.79 Å². The van der Waals surface area contributed by atoms with Crippen LogP contribution >= 0.6 is 11.8 Å². The third-order valence-corrected chi connectivity index (χ3v) is 5.73. The van der Waals surface area contributed by atoms with Gasteiger partial charge in [0.05, 0.1) is 38.7 Å². The molecule has 0 aliphatic carbocycles. The first-order chi connectivity index (χ1) is 13.6. The van der Waals surface area contributed by atoms with Crippen molar-refractivity contribution in [3.05, 3.63) is 23.8 Å². The van der Waals surface area contributed by atoms with Crippen LogP contribution in [0.4, 0.5) is 0 Å². The van der Waals surface area contributed by atoms with Crippen LogP contribution in [0.3, 0.4) is 0 Å². The highest BCUT2D eigenvalue weighted by Crippen LogP contribution is 2.34. The summed E-state index contributed by atoms with van der Waals surface area (Å²) in [6.07, 6.45) is 0. The standard InChI is InChI=1S/C19H22N4O4S/c1-12-8-13-9-15(25-2)16(26-3)10-14(13)23-18(12)20-21-19(23)28-11-17(24)22-4-6-27-7-5-22/h8-10H,4-7,11H2,1-3H3. The highest BCUT2D eigenvalue weighted by molar-refractivity contribution is 7.99. The van der Waals surface area contributed by atoms with E-state index in [1.54, 1.807) is 14.2 Å². The van der Waals surface area contributed by atoms with Crippen LogP contribution in [-0.2, 0) is 9.53 Å². The minimum absolute atomic E-state index is 0.0845. The van der Waals surface area contributed by atoms with Crippen molar-refractivity contribution in [2.45, 2.75) is 12.1 Å². The predicted octanol–water partition coefficient (Wildman–Crippen LogP) is 2.16. The molecule has 0 atom stereocenters. The van der Waals surface area contributed by atoms with E-state index in [-0.39, 0.29) is 5.91 Å². The van der Waals surface area contributed by atoms with E-state index in [0.717, 1.165) is 22.1 Å². The average Bonchev–Trinajstić information content (AvgIpc) is 3.16. The molecule has 1 fully saturated rings. The summed E-state index contributed by atoms with van der Waals surface area (Å²) in [4.78, 5) is 14.3. The number of nitrogens with zero attached hydrogens (tertiary/aromatic N) is 4. The molecule has 8 nitrogen and oxygen atoms in total. The summed E-state index contributed by atoms with van der Waals surface area (Å²) in [5, 5.41) is 10.3. The van der Waals surface area contributed by atoms with Crippen molar-refractivity contribution in [3.63, 3.8) is 0 Å². The number of benzene rings is 1. The first-order valence-corrected chi connectivity index (χ1v) is 9.99. The number of aromatic nitrogens is 3. The van der Waals surface area contributed by atoms with Gasteiger partial charge in [0.25, 0.3) is 0 Å². The molecule has 1 aliphatic heterocycles. The molecule has 0 spiro atoms. The zero-order chi connectivity index (χ0) is 19.7. The van der Waals surface area contributed by atoms with E-state index >= 15 is 0 Å². The first-order valence-electron chi connectivity index (χ1n) is 9.01. The number of aryl methyl sites for hydroxylation is 1. The molecule has 1 amide bonds. The summed E-state index contributed by atoms with van der Waals surface area (Å²) >= 11 is 1.39. The Labute approximate surface area is 166 Å². The molecule has 0 radical (unpaired) electrons. The minimum atomic E-state index is 0.0845. The number of thioether (sulfide) groups is 1. The second-order valence-corrected chi connectivity index (χ2v) is 7.46. The second kappa shape index (κ2) is 7.84. The Hall–Kier alpha value is -2.52. The van der Waals surface area contributed by atoms with Gasteiger partial charge in [-0.3, -0.25) is 9.20 Å². The number of amides is 1. The van der Waals surface area contributed by atoms with Crippen LogP contribution < -0.4 is 9.47 Å². The number of ether oxygens (including phenoxy) is 3. The molecule has 3 heterocycles. The zero-order valence-corrected chi connectivity index (χ0v) is 16.9. The van der Waals surface area contributed by atoms with E-state index in [1.165, 1.54) is 11.8 Å². The Morgan fingerprint density at radius 3 is 2.57 bits per heavy atom. The largest absolute Gasteiger partial charge is 0.493 e.